The third kappa shape index (κ3) is 2.32. The van der Waals surface area contributed by atoms with Crippen LogP contribution in [0.25, 0.3) is 11.1 Å². The smallest absolute Gasteiger partial charge is 0.335 e. The van der Waals surface area contributed by atoms with Crippen LogP contribution >= 0.6 is 0 Å². The lowest BCUT2D eigenvalue weighted by molar-refractivity contribution is 0.0697. The molecule has 0 bridgehead atoms. The number of aromatic carboxylic acids is 1. The summed E-state index contributed by atoms with van der Waals surface area (Å²) in [5.74, 6) is -0.944. The minimum absolute atomic E-state index is 0.256. The highest BCUT2D eigenvalue weighted by atomic mass is 16.4. The maximum atomic E-state index is 10.8. The van der Waals surface area contributed by atoms with E-state index in [-0.39, 0.29) is 5.56 Å². The molecule has 0 fully saturated rings. The number of hydrogen-bond acceptors (Lipinski definition) is 2. The predicted molar refractivity (Wildman–Crippen MR) is 63.6 cm³/mol. The molecule has 0 aliphatic carbocycles. The Morgan fingerprint density at radius 2 is 1.76 bits per heavy atom. The Bertz CT molecular complexity index is 594. The fourth-order valence-corrected chi connectivity index (χ4v) is 1.57. The first kappa shape index (κ1) is 10.9. The first-order chi connectivity index (χ1) is 8.20. The van der Waals surface area contributed by atoms with Gasteiger partial charge >= 0.3 is 5.97 Å². The van der Waals surface area contributed by atoms with Crippen LogP contribution in [0.1, 0.15) is 15.9 Å². The molecule has 0 saturated carbocycles. The molecule has 0 unspecified atom stereocenters. The van der Waals surface area contributed by atoms with Crippen LogP contribution in [0.2, 0.25) is 0 Å². The summed E-state index contributed by atoms with van der Waals surface area (Å²) < 4.78 is 0. The zero-order valence-corrected chi connectivity index (χ0v) is 8.92. The van der Waals surface area contributed by atoms with Gasteiger partial charge in [-0.05, 0) is 35.4 Å². The van der Waals surface area contributed by atoms with Gasteiger partial charge in [0.25, 0.3) is 0 Å². The first-order valence-electron chi connectivity index (χ1n) is 5.04. The minimum Gasteiger partial charge on any atom is -0.478 e. The van der Waals surface area contributed by atoms with E-state index in [4.69, 9.17) is 10.4 Å². The van der Waals surface area contributed by atoms with Crippen molar-refractivity contribution in [1.82, 2.24) is 0 Å². The first-order valence-corrected chi connectivity index (χ1v) is 5.04. The lowest BCUT2D eigenvalue weighted by atomic mass is 10.0. The Balaban J connectivity index is 2.42. The highest BCUT2D eigenvalue weighted by Gasteiger charge is 2.04. The molecule has 2 aromatic carbocycles. The number of hydrogen-bond donors (Lipinski definition) is 1. The predicted octanol–water partition coefficient (Wildman–Crippen LogP) is 2.92. The fraction of sp³-hybridized carbons (Fsp3) is 0. The monoisotopic (exact) mass is 223 g/mol. The van der Waals surface area contributed by atoms with Crippen molar-refractivity contribution in [2.24, 2.45) is 0 Å². The largest absolute Gasteiger partial charge is 0.478 e. The van der Waals surface area contributed by atoms with Gasteiger partial charge in [-0.1, -0.05) is 24.3 Å². The Kier molecular flexibility index (Phi) is 2.89. The Morgan fingerprint density at radius 1 is 1.06 bits per heavy atom. The van der Waals surface area contributed by atoms with E-state index in [9.17, 15) is 4.79 Å². The second-order valence-corrected chi connectivity index (χ2v) is 3.58. The van der Waals surface area contributed by atoms with Crippen LogP contribution in [0, 0.1) is 11.3 Å². The van der Waals surface area contributed by atoms with Gasteiger partial charge in [-0.3, -0.25) is 0 Å². The van der Waals surface area contributed by atoms with Gasteiger partial charge in [0.05, 0.1) is 17.2 Å². The average Bonchev–Trinajstić information content (AvgIpc) is 2.39. The molecule has 3 heteroatoms. The maximum Gasteiger partial charge on any atom is 0.335 e. The Labute approximate surface area is 98.6 Å². The molecular weight excluding hydrogens is 214 g/mol. The van der Waals surface area contributed by atoms with E-state index in [1.165, 1.54) is 0 Å². The molecule has 0 heterocycles. The van der Waals surface area contributed by atoms with Crippen LogP contribution in [0.4, 0.5) is 0 Å². The quantitative estimate of drug-likeness (QED) is 0.851. The number of carboxylic acid groups (broad SMARTS) is 1. The molecule has 17 heavy (non-hydrogen) atoms. The number of rotatable bonds is 2. The molecule has 2 rings (SSSR count). The summed E-state index contributed by atoms with van der Waals surface area (Å²) in [5.41, 5.74) is 2.57. The van der Waals surface area contributed by atoms with E-state index < -0.39 is 5.97 Å². The van der Waals surface area contributed by atoms with Crippen molar-refractivity contribution in [2.45, 2.75) is 0 Å². The number of carboxylic acids is 1. The van der Waals surface area contributed by atoms with Gasteiger partial charge < -0.3 is 5.11 Å². The molecule has 0 aliphatic heterocycles. The van der Waals surface area contributed by atoms with Crippen molar-refractivity contribution in [2.75, 3.05) is 0 Å². The summed E-state index contributed by atoms with van der Waals surface area (Å²) in [6.45, 7) is 0. The molecule has 1 N–H and O–H groups in total. The van der Waals surface area contributed by atoms with Crippen molar-refractivity contribution >= 4 is 5.97 Å². The van der Waals surface area contributed by atoms with Crippen LogP contribution < -0.4 is 0 Å². The average molecular weight is 223 g/mol. The van der Waals surface area contributed by atoms with E-state index in [0.717, 1.165) is 11.1 Å². The third-order valence-corrected chi connectivity index (χ3v) is 2.46. The van der Waals surface area contributed by atoms with E-state index in [2.05, 4.69) is 0 Å². The van der Waals surface area contributed by atoms with Gasteiger partial charge in [-0.25, -0.2) is 4.79 Å². The lowest BCUT2D eigenvalue weighted by Gasteiger charge is -2.02. The molecular formula is C14H9NO2. The van der Waals surface area contributed by atoms with Crippen LogP contribution in [0.3, 0.4) is 0 Å². The summed E-state index contributed by atoms with van der Waals surface area (Å²) in [5, 5.41) is 17.6. The van der Waals surface area contributed by atoms with E-state index >= 15 is 0 Å². The number of nitrogens with zero attached hydrogens (tertiary/aromatic N) is 1. The van der Waals surface area contributed by atoms with Crippen LogP contribution in [0.5, 0.6) is 0 Å². The Morgan fingerprint density at radius 3 is 2.35 bits per heavy atom. The standard InChI is InChI=1S/C14H9NO2/c15-9-10-4-6-11(7-5-10)12-2-1-3-13(8-12)14(16)17/h1-8H,(H,16,17). The van der Waals surface area contributed by atoms with Gasteiger partial charge in [0.1, 0.15) is 0 Å². The van der Waals surface area contributed by atoms with Gasteiger partial charge in [-0.2, -0.15) is 5.26 Å². The van der Waals surface area contributed by atoms with Gasteiger partial charge in [-0.15, -0.1) is 0 Å². The molecule has 0 radical (unpaired) electrons. The SMILES string of the molecule is N#Cc1ccc(-c2cccc(C(=O)O)c2)cc1. The van der Waals surface area contributed by atoms with Crippen molar-refractivity contribution < 1.29 is 9.90 Å². The molecule has 0 saturated heterocycles. The second kappa shape index (κ2) is 4.50. The molecule has 0 amide bonds. The molecule has 82 valence electrons. The zero-order valence-electron chi connectivity index (χ0n) is 8.92. The number of carbonyl (C=O) groups is 1. The van der Waals surface area contributed by atoms with Crippen molar-refractivity contribution in [1.29, 1.82) is 5.26 Å². The molecule has 0 spiro atoms. The highest BCUT2D eigenvalue weighted by molar-refractivity contribution is 5.89. The lowest BCUT2D eigenvalue weighted by Crippen LogP contribution is -1.95. The summed E-state index contributed by atoms with van der Waals surface area (Å²) in [7, 11) is 0. The summed E-state index contributed by atoms with van der Waals surface area (Å²) in [6, 6.07) is 15.8. The third-order valence-electron chi connectivity index (χ3n) is 2.46. The van der Waals surface area contributed by atoms with Crippen LogP contribution in [0.15, 0.2) is 48.5 Å². The van der Waals surface area contributed by atoms with Crippen molar-refractivity contribution in [3.05, 3.63) is 59.7 Å². The van der Waals surface area contributed by atoms with Crippen molar-refractivity contribution in [3.8, 4) is 17.2 Å². The fourth-order valence-electron chi connectivity index (χ4n) is 1.57. The van der Waals surface area contributed by atoms with E-state index in [1.807, 2.05) is 12.1 Å². The van der Waals surface area contributed by atoms with E-state index in [0.29, 0.717) is 5.56 Å². The normalized spacial score (nSPS) is 9.59. The molecule has 0 aromatic heterocycles. The molecule has 0 aliphatic rings. The Hall–Kier alpha value is -2.60. The highest BCUT2D eigenvalue weighted by Crippen LogP contribution is 2.20. The number of benzene rings is 2. The summed E-state index contributed by atoms with van der Waals surface area (Å²) in [4.78, 5) is 10.8. The van der Waals surface area contributed by atoms with Gasteiger partial charge in [0.15, 0.2) is 0 Å². The van der Waals surface area contributed by atoms with E-state index in [1.54, 1.807) is 42.5 Å². The van der Waals surface area contributed by atoms with Crippen molar-refractivity contribution in [3.63, 3.8) is 0 Å². The summed E-state index contributed by atoms with van der Waals surface area (Å²) in [6.07, 6.45) is 0. The molecule has 3 nitrogen and oxygen atoms in total. The van der Waals surface area contributed by atoms with Crippen LogP contribution in [-0.2, 0) is 0 Å². The minimum atomic E-state index is -0.944. The molecule has 0 atom stereocenters. The topological polar surface area (TPSA) is 61.1 Å². The van der Waals surface area contributed by atoms with Gasteiger partial charge in [0.2, 0.25) is 0 Å². The molecule has 2 aromatic rings. The maximum absolute atomic E-state index is 10.8. The zero-order chi connectivity index (χ0) is 12.3. The number of nitriles is 1. The second-order valence-electron chi connectivity index (χ2n) is 3.58. The van der Waals surface area contributed by atoms with Gasteiger partial charge in [0, 0.05) is 0 Å². The van der Waals surface area contributed by atoms with Crippen LogP contribution in [-0.4, -0.2) is 11.1 Å². The summed E-state index contributed by atoms with van der Waals surface area (Å²) >= 11 is 0.